The Labute approximate surface area is 102 Å². The van der Waals surface area contributed by atoms with E-state index in [1.54, 1.807) is 0 Å². The lowest BCUT2D eigenvalue weighted by molar-refractivity contribution is 0.0499. The Hall–Kier alpha value is -1.97. The molecule has 0 aliphatic carbocycles. The van der Waals surface area contributed by atoms with E-state index in [1.807, 2.05) is 0 Å². The average molecular weight is 256 g/mol. The van der Waals surface area contributed by atoms with E-state index in [4.69, 9.17) is 15.6 Å². The maximum atomic E-state index is 11.4. The molecule has 0 spiro atoms. The molecule has 0 aliphatic heterocycles. The van der Waals surface area contributed by atoms with E-state index < -0.39 is 0 Å². The van der Waals surface area contributed by atoms with Crippen LogP contribution in [0, 0.1) is 0 Å². The van der Waals surface area contributed by atoms with Crippen LogP contribution in [0.5, 0.6) is 0 Å². The highest BCUT2D eigenvalue weighted by Crippen LogP contribution is 2.05. The fourth-order valence-electron chi connectivity index (χ4n) is 1.29. The van der Waals surface area contributed by atoms with Gasteiger partial charge in [0.05, 0.1) is 19.5 Å². The van der Waals surface area contributed by atoms with E-state index in [2.05, 4.69) is 20.7 Å². The number of nitrogen functional groups attached to an aromatic ring is 1. The van der Waals surface area contributed by atoms with Gasteiger partial charge < -0.3 is 21.3 Å². The van der Waals surface area contributed by atoms with Crippen LogP contribution in [0.4, 0.5) is 5.95 Å². The molecule has 2 aromatic heterocycles. The summed E-state index contributed by atoms with van der Waals surface area (Å²) in [6.07, 6.45) is 1.43. The Morgan fingerprint density at radius 1 is 1.56 bits per heavy atom. The first-order chi connectivity index (χ1) is 8.72. The predicted octanol–water partition coefficient (Wildman–Crippen LogP) is -1.76. The molecule has 2 rings (SSSR count). The van der Waals surface area contributed by atoms with Crippen LogP contribution >= 0.6 is 0 Å². The number of hydrogen-bond acceptors (Lipinski definition) is 7. The summed E-state index contributed by atoms with van der Waals surface area (Å²) in [4.78, 5) is 21.6. The Morgan fingerprint density at radius 2 is 2.28 bits per heavy atom. The molecule has 0 aliphatic rings. The predicted molar refractivity (Wildman–Crippen MR) is 65.7 cm³/mol. The van der Waals surface area contributed by atoms with Crippen molar-refractivity contribution in [3.8, 4) is 0 Å². The van der Waals surface area contributed by atoms with E-state index in [0.717, 1.165) is 0 Å². The number of nitrogens with one attached hydrogen (secondary N) is 1. The van der Waals surface area contributed by atoms with E-state index in [9.17, 15) is 4.79 Å². The minimum Gasteiger partial charge on any atom is -0.394 e. The fraction of sp³-hybridized carbons (Fsp3) is 0.444. The maximum absolute atomic E-state index is 11.4. The number of aromatic amines is 1. The Morgan fingerprint density at radius 3 is 2.94 bits per heavy atom. The Balaban J connectivity index is 0.000000771. The van der Waals surface area contributed by atoms with Crippen molar-refractivity contribution in [1.82, 2.24) is 19.5 Å². The molecule has 0 fully saturated rings. The third-order valence-electron chi connectivity index (χ3n) is 1.96. The number of rotatable bonds is 4. The van der Waals surface area contributed by atoms with E-state index in [1.165, 1.54) is 17.9 Å². The summed E-state index contributed by atoms with van der Waals surface area (Å²) in [5.74, 6) is 0.0291. The highest BCUT2D eigenvalue weighted by molar-refractivity contribution is 5.70. The zero-order valence-electron chi connectivity index (χ0n) is 9.96. The summed E-state index contributed by atoms with van der Waals surface area (Å²) in [5, 5.41) is 8.56. The number of hydrogen-bond donors (Lipinski definition) is 4. The zero-order valence-corrected chi connectivity index (χ0v) is 9.96. The van der Waals surface area contributed by atoms with Crippen molar-refractivity contribution in [2.75, 3.05) is 26.0 Å². The van der Waals surface area contributed by atoms with Gasteiger partial charge in [0.2, 0.25) is 5.95 Å². The SMILES string of the molecule is CN.Nc1nc2c(ncn2COCCO)c(=O)[nH]1. The molecule has 6 N–H and O–H groups in total. The van der Waals surface area contributed by atoms with Gasteiger partial charge in [0.15, 0.2) is 11.2 Å². The van der Waals surface area contributed by atoms with E-state index in [0.29, 0.717) is 5.65 Å². The first-order valence-corrected chi connectivity index (χ1v) is 5.19. The van der Waals surface area contributed by atoms with Crippen molar-refractivity contribution < 1.29 is 9.84 Å². The van der Waals surface area contributed by atoms with Crippen molar-refractivity contribution >= 4 is 17.1 Å². The van der Waals surface area contributed by atoms with Gasteiger partial charge in [-0.2, -0.15) is 4.98 Å². The minimum atomic E-state index is -0.386. The smallest absolute Gasteiger partial charge is 0.280 e. The van der Waals surface area contributed by atoms with Crippen LogP contribution in [0.25, 0.3) is 11.2 Å². The van der Waals surface area contributed by atoms with Crippen molar-refractivity contribution in [1.29, 1.82) is 0 Å². The minimum absolute atomic E-state index is 0.0291. The second-order valence-electron chi connectivity index (χ2n) is 3.10. The normalized spacial score (nSPS) is 10.2. The second kappa shape index (κ2) is 6.69. The molecule has 0 atom stereocenters. The number of aliphatic hydroxyl groups excluding tert-OH is 1. The number of nitrogens with zero attached hydrogens (tertiary/aromatic N) is 3. The van der Waals surface area contributed by atoms with Gasteiger partial charge in [-0.3, -0.25) is 14.3 Å². The standard InChI is InChI=1S/C8H11N5O3.CH5N/c9-8-11-6-5(7(15)12-8)10-3-13(6)4-16-2-1-14;1-2/h3,14H,1-2,4H2,(H3,9,11,12,15);2H2,1H3. The average Bonchev–Trinajstić information content (AvgIpc) is 2.76. The van der Waals surface area contributed by atoms with Crippen LogP contribution in [-0.4, -0.2) is 44.9 Å². The number of H-pyrrole nitrogens is 1. The highest BCUT2D eigenvalue weighted by Gasteiger charge is 2.08. The monoisotopic (exact) mass is 256 g/mol. The van der Waals surface area contributed by atoms with Crippen LogP contribution in [0.15, 0.2) is 11.1 Å². The first-order valence-electron chi connectivity index (χ1n) is 5.19. The van der Waals surface area contributed by atoms with Gasteiger partial charge in [0.25, 0.3) is 5.56 Å². The Kier molecular flexibility index (Phi) is 5.24. The molecule has 0 saturated heterocycles. The molecule has 0 amide bonds. The van der Waals surface area contributed by atoms with Crippen molar-refractivity contribution in [3.63, 3.8) is 0 Å². The van der Waals surface area contributed by atoms with Crippen molar-refractivity contribution in [2.24, 2.45) is 5.73 Å². The van der Waals surface area contributed by atoms with Crippen molar-refractivity contribution in [2.45, 2.75) is 6.73 Å². The second-order valence-corrected chi connectivity index (χ2v) is 3.10. The number of aromatic nitrogens is 4. The molecule has 0 bridgehead atoms. The lowest BCUT2D eigenvalue weighted by Crippen LogP contribution is -2.13. The molecule has 2 heterocycles. The van der Waals surface area contributed by atoms with Gasteiger partial charge in [-0.1, -0.05) is 0 Å². The highest BCUT2D eigenvalue weighted by atomic mass is 16.5. The van der Waals surface area contributed by atoms with Crippen LogP contribution < -0.4 is 17.0 Å². The van der Waals surface area contributed by atoms with Gasteiger partial charge in [0.1, 0.15) is 6.73 Å². The molecular formula is C9H16N6O3. The quantitative estimate of drug-likeness (QED) is 0.474. The number of fused-ring (bicyclic) bond motifs is 1. The molecule has 2 aromatic rings. The van der Waals surface area contributed by atoms with Gasteiger partial charge in [-0.15, -0.1) is 0 Å². The molecule has 18 heavy (non-hydrogen) atoms. The molecule has 0 radical (unpaired) electrons. The lowest BCUT2D eigenvalue weighted by atomic mass is 10.5. The molecule has 0 saturated carbocycles. The summed E-state index contributed by atoms with van der Waals surface area (Å²) in [6, 6.07) is 0. The number of imidazole rings is 1. The summed E-state index contributed by atoms with van der Waals surface area (Å²) in [6.45, 7) is 0.300. The molecule has 9 heteroatoms. The maximum Gasteiger partial charge on any atom is 0.280 e. The number of aliphatic hydroxyl groups is 1. The van der Waals surface area contributed by atoms with Gasteiger partial charge in [-0.05, 0) is 7.05 Å². The molecule has 0 unspecified atom stereocenters. The topological polar surface area (TPSA) is 145 Å². The molecule has 9 nitrogen and oxygen atoms in total. The van der Waals surface area contributed by atoms with Crippen molar-refractivity contribution in [3.05, 3.63) is 16.7 Å². The van der Waals surface area contributed by atoms with E-state index in [-0.39, 0.29) is 37.0 Å². The fourth-order valence-corrected chi connectivity index (χ4v) is 1.29. The van der Waals surface area contributed by atoms with Gasteiger partial charge in [-0.25, -0.2) is 4.98 Å². The summed E-state index contributed by atoms with van der Waals surface area (Å²) >= 11 is 0. The van der Waals surface area contributed by atoms with E-state index >= 15 is 0 Å². The third kappa shape index (κ3) is 3.03. The van der Waals surface area contributed by atoms with Crippen LogP contribution in [0.3, 0.4) is 0 Å². The largest absolute Gasteiger partial charge is 0.394 e. The Bertz CT molecular complexity index is 549. The molecular weight excluding hydrogens is 240 g/mol. The summed E-state index contributed by atoms with van der Waals surface area (Å²) in [5.41, 5.74) is 10.1. The molecule has 0 aromatic carbocycles. The third-order valence-corrected chi connectivity index (χ3v) is 1.96. The van der Waals surface area contributed by atoms with Crippen LogP contribution in [0.1, 0.15) is 0 Å². The number of nitrogens with two attached hydrogens (primary N) is 2. The summed E-state index contributed by atoms with van der Waals surface area (Å²) < 4.78 is 6.63. The summed E-state index contributed by atoms with van der Waals surface area (Å²) in [7, 11) is 1.50. The van der Waals surface area contributed by atoms with Gasteiger partial charge in [0, 0.05) is 0 Å². The lowest BCUT2D eigenvalue weighted by Gasteiger charge is -2.03. The number of anilines is 1. The van der Waals surface area contributed by atoms with Crippen LogP contribution in [0.2, 0.25) is 0 Å². The molecule has 100 valence electrons. The van der Waals surface area contributed by atoms with Crippen LogP contribution in [-0.2, 0) is 11.5 Å². The first kappa shape index (κ1) is 14.1. The van der Waals surface area contributed by atoms with Gasteiger partial charge >= 0.3 is 0 Å². The number of ether oxygens (including phenoxy) is 1. The zero-order chi connectivity index (χ0) is 13.5.